The first kappa shape index (κ1) is 19.7. The number of nitrogens with two attached hydrogens (primary N) is 1. The molecule has 0 aliphatic carbocycles. The molecular formula is C20H21N5O2S2. The summed E-state index contributed by atoms with van der Waals surface area (Å²) >= 11 is 1.20. The molecule has 3 aromatic rings. The first-order chi connectivity index (χ1) is 13.9. The minimum atomic E-state index is -1.59. The summed E-state index contributed by atoms with van der Waals surface area (Å²) < 4.78 is 12.0. The van der Waals surface area contributed by atoms with Gasteiger partial charge in [0, 0.05) is 38.2 Å². The van der Waals surface area contributed by atoms with Crippen LogP contribution in [0.4, 0.5) is 10.8 Å². The van der Waals surface area contributed by atoms with E-state index in [2.05, 4.69) is 39.1 Å². The van der Waals surface area contributed by atoms with Gasteiger partial charge in [0.15, 0.2) is 5.13 Å². The van der Waals surface area contributed by atoms with Gasteiger partial charge in [-0.05, 0) is 36.2 Å². The first-order valence-electron chi connectivity index (χ1n) is 9.10. The van der Waals surface area contributed by atoms with E-state index in [9.17, 15) is 9.00 Å². The van der Waals surface area contributed by atoms with Crippen molar-refractivity contribution in [2.24, 2.45) is 11.1 Å². The van der Waals surface area contributed by atoms with Crippen LogP contribution in [0.3, 0.4) is 0 Å². The van der Waals surface area contributed by atoms with Gasteiger partial charge in [-0.15, -0.1) is 0 Å². The highest BCUT2D eigenvalue weighted by Crippen LogP contribution is 2.31. The van der Waals surface area contributed by atoms with Crippen LogP contribution in [-0.2, 0) is 15.8 Å². The van der Waals surface area contributed by atoms with E-state index in [0.29, 0.717) is 28.1 Å². The Balaban J connectivity index is 1.38. The minimum absolute atomic E-state index is 0.0105. The standard InChI is InChI=1S/C20H21N5O2S2/c1-13-19(29(21)27)28-20(23-13)24(2)18(26)16-11-25(12-16)17-7-5-14(6-8-17)15-4-3-9-22-10-15/h3-10,16H,11-12,21H2,1-2H3. The second-order valence-corrected chi connectivity index (χ2v) is 9.19. The fourth-order valence-corrected chi connectivity index (χ4v) is 4.97. The fraction of sp³-hybridized carbons (Fsp3) is 0.250. The Morgan fingerprint density at radius 2 is 1.97 bits per heavy atom. The summed E-state index contributed by atoms with van der Waals surface area (Å²) in [4.78, 5) is 25.0. The van der Waals surface area contributed by atoms with E-state index >= 15 is 0 Å². The zero-order valence-electron chi connectivity index (χ0n) is 16.1. The van der Waals surface area contributed by atoms with Gasteiger partial charge in [-0.25, -0.2) is 14.3 Å². The number of aromatic nitrogens is 2. The van der Waals surface area contributed by atoms with Crippen LogP contribution in [0.25, 0.3) is 11.1 Å². The molecule has 0 bridgehead atoms. The van der Waals surface area contributed by atoms with Gasteiger partial charge in [0.1, 0.15) is 15.2 Å². The molecule has 3 heterocycles. The maximum Gasteiger partial charge on any atom is 0.235 e. The molecule has 1 aromatic carbocycles. The highest BCUT2D eigenvalue weighted by molar-refractivity contribution is 7.85. The molecule has 1 aliphatic heterocycles. The molecule has 1 saturated heterocycles. The summed E-state index contributed by atoms with van der Waals surface area (Å²) in [5.74, 6) is -0.0784. The maximum absolute atomic E-state index is 12.8. The summed E-state index contributed by atoms with van der Waals surface area (Å²) in [7, 11) is 0.115. The van der Waals surface area contributed by atoms with E-state index in [-0.39, 0.29) is 11.8 Å². The van der Waals surface area contributed by atoms with E-state index in [1.165, 1.54) is 11.3 Å². The zero-order valence-corrected chi connectivity index (χ0v) is 17.7. The predicted molar refractivity (Wildman–Crippen MR) is 116 cm³/mol. The molecule has 2 aromatic heterocycles. The van der Waals surface area contributed by atoms with Crippen LogP contribution in [-0.4, -0.2) is 40.2 Å². The number of amides is 1. The molecule has 1 atom stereocenters. The molecule has 4 rings (SSSR count). The van der Waals surface area contributed by atoms with E-state index < -0.39 is 11.0 Å². The minimum Gasteiger partial charge on any atom is -0.370 e. The molecule has 1 aliphatic rings. The molecule has 7 nitrogen and oxygen atoms in total. The molecule has 29 heavy (non-hydrogen) atoms. The smallest absolute Gasteiger partial charge is 0.235 e. The summed E-state index contributed by atoms with van der Waals surface area (Å²) in [6.07, 6.45) is 3.60. The first-order valence-corrected chi connectivity index (χ1v) is 11.1. The lowest BCUT2D eigenvalue weighted by atomic mass is 9.97. The van der Waals surface area contributed by atoms with Crippen LogP contribution >= 0.6 is 11.3 Å². The number of nitrogens with zero attached hydrogens (tertiary/aromatic N) is 4. The molecule has 0 spiro atoms. The lowest BCUT2D eigenvalue weighted by Gasteiger charge is -2.41. The molecule has 0 radical (unpaired) electrons. The Hall–Kier alpha value is -2.62. The van der Waals surface area contributed by atoms with Gasteiger partial charge >= 0.3 is 0 Å². The Labute approximate surface area is 175 Å². The lowest BCUT2D eigenvalue weighted by Crippen LogP contribution is -2.54. The Bertz CT molecular complexity index is 1050. The van der Waals surface area contributed by atoms with Gasteiger partial charge in [-0.1, -0.05) is 29.5 Å². The van der Waals surface area contributed by atoms with Crippen LogP contribution in [0.1, 0.15) is 5.69 Å². The van der Waals surface area contributed by atoms with Crippen molar-refractivity contribution in [1.82, 2.24) is 9.97 Å². The monoisotopic (exact) mass is 427 g/mol. The SMILES string of the molecule is Cc1nc(N(C)C(=O)C2CN(c3ccc(-c4cccnc4)cc3)C2)sc1S(N)=O. The van der Waals surface area contributed by atoms with E-state index in [1.807, 2.05) is 18.3 Å². The average molecular weight is 428 g/mol. The topological polar surface area (TPSA) is 92.4 Å². The molecule has 1 fully saturated rings. The van der Waals surface area contributed by atoms with Crippen molar-refractivity contribution >= 4 is 39.0 Å². The lowest BCUT2D eigenvalue weighted by molar-refractivity contribution is -0.122. The van der Waals surface area contributed by atoms with Crippen molar-refractivity contribution in [2.75, 3.05) is 29.9 Å². The fourth-order valence-electron chi connectivity index (χ4n) is 3.31. The van der Waals surface area contributed by atoms with E-state index in [0.717, 1.165) is 16.8 Å². The Morgan fingerprint density at radius 1 is 1.24 bits per heavy atom. The summed E-state index contributed by atoms with van der Waals surface area (Å²) in [6.45, 7) is 3.07. The van der Waals surface area contributed by atoms with Gasteiger partial charge in [0.2, 0.25) is 5.91 Å². The maximum atomic E-state index is 12.8. The van der Waals surface area contributed by atoms with Crippen LogP contribution in [0.2, 0.25) is 0 Å². The van der Waals surface area contributed by atoms with Crippen LogP contribution in [0, 0.1) is 12.8 Å². The number of hydrogen-bond donors (Lipinski definition) is 1. The number of carbonyl (C=O) groups is 1. The normalized spacial score (nSPS) is 15.1. The van der Waals surface area contributed by atoms with Crippen LogP contribution < -0.4 is 14.9 Å². The second kappa shape index (κ2) is 8.02. The quantitative estimate of drug-likeness (QED) is 0.676. The molecule has 9 heteroatoms. The molecule has 0 saturated carbocycles. The van der Waals surface area contributed by atoms with Crippen molar-refractivity contribution in [3.05, 3.63) is 54.5 Å². The number of carbonyl (C=O) groups excluding carboxylic acids is 1. The van der Waals surface area contributed by atoms with Crippen molar-refractivity contribution in [3.8, 4) is 11.1 Å². The summed E-state index contributed by atoms with van der Waals surface area (Å²) in [6, 6.07) is 12.2. The number of pyridine rings is 1. The number of benzene rings is 1. The molecular weight excluding hydrogens is 406 g/mol. The number of anilines is 2. The van der Waals surface area contributed by atoms with Crippen LogP contribution in [0.15, 0.2) is 53.0 Å². The van der Waals surface area contributed by atoms with Gasteiger partial charge < -0.3 is 4.90 Å². The third-order valence-electron chi connectivity index (χ3n) is 5.00. The van der Waals surface area contributed by atoms with Gasteiger partial charge in [-0.2, -0.15) is 0 Å². The van der Waals surface area contributed by atoms with Crippen molar-refractivity contribution in [1.29, 1.82) is 0 Å². The Morgan fingerprint density at radius 3 is 2.55 bits per heavy atom. The van der Waals surface area contributed by atoms with Gasteiger partial charge in [0.05, 0.1) is 11.6 Å². The van der Waals surface area contributed by atoms with Crippen molar-refractivity contribution in [2.45, 2.75) is 11.1 Å². The largest absolute Gasteiger partial charge is 0.370 e. The molecule has 1 amide bonds. The van der Waals surface area contributed by atoms with Crippen LogP contribution in [0.5, 0.6) is 0 Å². The average Bonchev–Trinajstić information content (AvgIpc) is 3.09. The molecule has 2 N–H and O–H groups in total. The second-order valence-electron chi connectivity index (χ2n) is 6.95. The van der Waals surface area contributed by atoms with Gasteiger partial charge in [0.25, 0.3) is 0 Å². The predicted octanol–water partition coefficient (Wildman–Crippen LogP) is 2.59. The third-order valence-corrected chi connectivity index (χ3v) is 7.43. The highest BCUT2D eigenvalue weighted by Gasteiger charge is 2.35. The number of thiazole rings is 1. The summed E-state index contributed by atoms with van der Waals surface area (Å²) in [5, 5.41) is 5.99. The van der Waals surface area contributed by atoms with E-state index in [1.54, 1.807) is 25.1 Å². The highest BCUT2D eigenvalue weighted by atomic mass is 32.2. The van der Waals surface area contributed by atoms with Gasteiger partial charge in [-0.3, -0.25) is 14.7 Å². The molecule has 1 unspecified atom stereocenters. The summed E-state index contributed by atoms with van der Waals surface area (Å²) in [5.41, 5.74) is 3.89. The zero-order chi connectivity index (χ0) is 20.5. The number of rotatable bonds is 5. The van der Waals surface area contributed by atoms with Crippen molar-refractivity contribution in [3.63, 3.8) is 0 Å². The number of aryl methyl sites for hydroxylation is 1. The number of hydrogen-bond acceptors (Lipinski definition) is 6. The third kappa shape index (κ3) is 3.93. The van der Waals surface area contributed by atoms with E-state index in [4.69, 9.17) is 5.14 Å². The van der Waals surface area contributed by atoms with Crippen molar-refractivity contribution < 1.29 is 9.00 Å². The Kier molecular flexibility index (Phi) is 5.44. The molecule has 150 valence electrons.